The summed E-state index contributed by atoms with van der Waals surface area (Å²) in [5.74, 6) is 0.638. The fraction of sp³-hybridized carbons (Fsp3) is 0.500. The largest absolute Gasteiger partial charge is 0.377 e. The van der Waals surface area contributed by atoms with Crippen LogP contribution in [-0.4, -0.2) is 12.1 Å². The van der Waals surface area contributed by atoms with Gasteiger partial charge in [0.05, 0.1) is 11.3 Å². The van der Waals surface area contributed by atoms with Crippen LogP contribution in [0.25, 0.3) is 0 Å². The summed E-state index contributed by atoms with van der Waals surface area (Å²) < 4.78 is 0. The lowest BCUT2D eigenvalue weighted by Crippen LogP contribution is -2.45. The molecular formula is C14H19N3. The fourth-order valence-electron chi connectivity index (χ4n) is 2.25. The Morgan fingerprint density at radius 1 is 1.53 bits per heavy atom. The van der Waals surface area contributed by atoms with Crippen LogP contribution in [0.4, 0.5) is 5.69 Å². The minimum absolute atomic E-state index is 0.0856. The molecule has 0 bridgehead atoms. The first-order valence-electron chi connectivity index (χ1n) is 6.08. The number of rotatable bonds is 4. The van der Waals surface area contributed by atoms with Crippen LogP contribution in [0.3, 0.4) is 0 Å². The van der Waals surface area contributed by atoms with E-state index in [0.717, 1.165) is 11.3 Å². The van der Waals surface area contributed by atoms with Crippen LogP contribution in [0.15, 0.2) is 18.2 Å². The second kappa shape index (κ2) is 4.38. The Kier molecular flexibility index (Phi) is 3.08. The first-order valence-corrected chi connectivity index (χ1v) is 6.08. The molecule has 0 aliphatic heterocycles. The van der Waals surface area contributed by atoms with E-state index in [0.29, 0.717) is 18.0 Å². The molecule has 1 atom stereocenters. The average molecular weight is 229 g/mol. The second-order valence-electron chi connectivity index (χ2n) is 5.13. The van der Waals surface area contributed by atoms with Gasteiger partial charge in [-0.25, -0.2) is 0 Å². The van der Waals surface area contributed by atoms with E-state index < -0.39 is 0 Å². The van der Waals surface area contributed by atoms with Crippen LogP contribution in [0.5, 0.6) is 0 Å². The number of anilines is 1. The van der Waals surface area contributed by atoms with E-state index in [1.807, 2.05) is 25.1 Å². The van der Waals surface area contributed by atoms with Gasteiger partial charge in [-0.1, -0.05) is 12.1 Å². The van der Waals surface area contributed by atoms with Gasteiger partial charge in [-0.15, -0.1) is 0 Å². The summed E-state index contributed by atoms with van der Waals surface area (Å²) in [5, 5.41) is 12.7. The third kappa shape index (κ3) is 2.27. The van der Waals surface area contributed by atoms with E-state index in [1.54, 1.807) is 0 Å². The molecule has 1 unspecified atom stereocenters. The Balaban J connectivity index is 2.32. The molecule has 1 fully saturated rings. The zero-order valence-electron chi connectivity index (χ0n) is 10.5. The molecule has 0 aromatic heterocycles. The summed E-state index contributed by atoms with van der Waals surface area (Å²) in [7, 11) is 0. The van der Waals surface area contributed by atoms with Gasteiger partial charge in [0.15, 0.2) is 0 Å². The van der Waals surface area contributed by atoms with Crippen LogP contribution in [-0.2, 0) is 0 Å². The molecule has 1 saturated carbocycles. The standard InChI is InChI=1S/C14H19N3/c1-10-4-3-5-11(8-15)13(10)17-14(2,9-16)12-6-7-12/h3-5,12,17H,6-7,9,16H2,1-2H3. The zero-order chi connectivity index (χ0) is 12.5. The van der Waals surface area contributed by atoms with Crippen LogP contribution in [0, 0.1) is 24.2 Å². The van der Waals surface area contributed by atoms with Gasteiger partial charge in [-0.05, 0) is 44.2 Å². The molecule has 1 aromatic carbocycles. The fourth-order valence-corrected chi connectivity index (χ4v) is 2.25. The van der Waals surface area contributed by atoms with Gasteiger partial charge in [0.2, 0.25) is 0 Å². The number of aryl methyl sites for hydroxylation is 1. The van der Waals surface area contributed by atoms with Gasteiger partial charge >= 0.3 is 0 Å². The molecule has 3 N–H and O–H groups in total. The number of nitrogens with two attached hydrogens (primary N) is 1. The highest BCUT2D eigenvalue weighted by Crippen LogP contribution is 2.41. The number of benzene rings is 1. The lowest BCUT2D eigenvalue weighted by molar-refractivity contribution is 0.459. The lowest BCUT2D eigenvalue weighted by atomic mass is 9.94. The Labute approximate surface area is 103 Å². The van der Waals surface area contributed by atoms with Crippen molar-refractivity contribution in [1.29, 1.82) is 5.26 Å². The van der Waals surface area contributed by atoms with E-state index >= 15 is 0 Å². The Bertz CT molecular complexity index is 457. The summed E-state index contributed by atoms with van der Waals surface area (Å²) in [6.07, 6.45) is 2.46. The molecule has 3 heteroatoms. The molecule has 1 aliphatic rings. The monoisotopic (exact) mass is 229 g/mol. The number of hydrogen-bond acceptors (Lipinski definition) is 3. The van der Waals surface area contributed by atoms with Crippen molar-refractivity contribution in [1.82, 2.24) is 0 Å². The molecule has 90 valence electrons. The Morgan fingerprint density at radius 2 is 2.24 bits per heavy atom. The summed E-state index contributed by atoms with van der Waals surface area (Å²) in [6.45, 7) is 4.77. The van der Waals surface area contributed by atoms with Gasteiger partial charge in [0, 0.05) is 12.1 Å². The van der Waals surface area contributed by atoms with Crippen molar-refractivity contribution in [3.05, 3.63) is 29.3 Å². The van der Waals surface area contributed by atoms with Gasteiger partial charge in [0.25, 0.3) is 0 Å². The average Bonchev–Trinajstić information content (AvgIpc) is 3.16. The van der Waals surface area contributed by atoms with E-state index in [9.17, 15) is 0 Å². The normalized spacial score (nSPS) is 18.2. The van der Waals surface area contributed by atoms with Gasteiger partial charge in [-0.3, -0.25) is 0 Å². The maximum Gasteiger partial charge on any atom is 0.101 e. The first-order chi connectivity index (χ1) is 8.10. The minimum atomic E-state index is -0.0856. The lowest BCUT2D eigenvalue weighted by Gasteiger charge is -2.32. The molecule has 1 aromatic rings. The van der Waals surface area contributed by atoms with Crippen molar-refractivity contribution in [2.45, 2.75) is 32.2 Å². The number of hydrogen-bond donors (Lipinski definition) is 2. The quantitative estimate of drug-likeness (QED) is 0.833. The highest BCUT2D eigenvalue weighted by molar-refractivity contribution is 5.63. The molecule has 3 nitrogen and oxygen atoms in total. The van der Waals surface area contributed by atoms with Crippen molar-refractivity contribution in [2.24, 2.45) is 11.7 Å². The smallest absolute Gasteiger partial charge is 0.101 e. The van der Waals surface area contributed by atoms with Crippen molar-refractivity contribution < 1.29 is 0 Å². The Hall–Kier alpha value is -1.53. The number of nitriles is 1. The van der Waals surface area contributed by atoms with E-state index in [-0.39, 0.29) is 5.54 Å². The van der Waals surface area contributed by atoms with Gasteiger partial charge < -0.3 is 11.1 Å². The third-order valence-corrected chi connectivity index (χ3v) is 3.71. The third-order valence-electron chi connectivity index (χ3n) is 3.71. The molecular weight excluding hydrogens is 210 g/mol. The van der Waals surface area contributed by atoms with Crippen LogP contribution in [0.1, 0.15) is 30.9 Å². The van der Waals surface area contributed by atoms with Crippen LogP contribution < -0.4 is 11.1 Å². The summed E-state index contributed by atoms with van der Waals surface area (Å²) in [5.41, 5.74) is 8.55. The summed E-state index contributed by atoms with van der Waals surface area (Å²) in [4.78, 5) is 0. The molecule has 2 rings (SSSR count). The van der Waals surface area contributed by atoms with E-state index in [2.05, 4.69) is 18.3 Å². The number of nitrogens with zero attached hydrogens (tertiary/aromatic N) is 1. The molecule has 0 heterocycles. The maximum absolute atomic E-state index is 9.15. The topological polar surface area (TPSA) is 61.8 Å². The zero-order valence-corrected chi connectivity index (χ0v) is 10.5. The van der Waals surface area contributed by atoms with Crippen molar-refractivity contribution in [2.75, 3.05) is 11.9 Å². The van der Waals surface area contributed by atoms with Crippen molar-refractivity contribution in [3.8, 4) is 6.07 Å². The predicted octanol–water partition coefficient (Wildman–Crippen LogP) is 2.41. The van der Waals surface area contributed by atoms with E-state index in [1.165, 1.54) is 12.8 Å². The summed E-state index contributed by atoms with van der Waals surface area (Å²) >= 11 is 0. The Morgan fingerprint density at radius 3 is 2.76 bits per heavy atom. The molecule has 0 spiro atoms. The number of nitrogens with one attached hydrogen (secondary N) is 1. The van der Waals surface area contributed by atoms with Gasteiger partial charge in [0.1, 0.15) is 6.07 Å². The number of para-hydroxylation sites is 1. The van der Waals surface area contributed by atoms with Crippen molar-refractivity contribution >= 4 is 5.69 Å². The first kappa shape index (κ1) is 11.9. The van der Waals surface area contributed by atoms with Crippen LogP contribution >= 0.6 is 0 Å². The van der Waals surface area contributed by atoms with Crippen LogP contribution in [0.2, 0.25) is 0 Å². The molecule has 0 amide bonds. The predicted molar refractivity (Wildman–Crippen MR) is 69.7 cm³/mol. The van der Waals surface area contributed by atoms with E-state index in [4.69, 9.17) is 11.0 Å². The summed E-state index contributed by atoms with van der Waals surface area (Å²) in [6, 6.07) is 8.02. The minimum Gasteiger partial charge on any atom is -0.377 e. The SMILES string of the molecule is Cc1cccc(C#N)c1NC(C)(CN)C1CC1. The van der Waals surface area contributed by atoms with Gasteiger partial charge in [-0.2, -0.15) is 5.26 Å². The molecule has 1 aliphatic carbocycles. The van der Waals surface area contributed by atoms with Crippen molar-refractivity contribution in [3.63, 3.8) is 0 Å². The molecule has 0 saturated heterocycles. The second-order valence-corrected chi connectivity index (χ2v) is 5.13. The molecule has 17 heavy (non-hydrogen) atoms. The molecule has 0 radical (unpaired) electrons. The highest BCUT2D eigenvalue weighted by atomic mass is 15.0. The maximum atomic E-state index is 9.15. The highest BCUT2D eigenvalue weighted by Gasteiger charge is 2.40.